The van der Waals surface area contributed by atoms with Crippen molar-refractivity contribution in [2.24, 2.45) is 0 Å². The van der Waals surface area contributed by atoms with Crippen LogP contribution in [0.5, 0.6) is 5.75 Å². The number of carbonyl (C=O) groups excluding carboxylic acids is 1. The van der Waals surface area contributed by atoms with Gasteiger partial charge in [-0.3, -0.25) is 4.79 Å². The number of nitriles is 1. The summed E-state index contributed by atoms with van der Waals surface area (Å²) in [4.78, 5) is 11.9. The number of anilines is 1. The summed E-state index contributed by atoms with van der Waals surface area (Å²) in [6.07, 6.45) is 0. The third-order valence-electron chi connectivity index (χ3n) is 3.24. The summed E-state index contributed by atoms with van der Waals surface area (Å²) >= 11 is 0. The number of benzene rings is 2. The fraction of sp³-hybridized carbons (Fsp3) is 0.176. The molecule has 0 radical (unpaired) electrons. The molecule has 0 aliphatic carbocycles. The van der Waals surface area contributed by atoms with E-state index in [0.29, 0.717) is 11.3 Å². The van der Waals surface area contributed by atoms with Crippen molar-refractivity contribution in [1.29, 1.82) is 5.26 Å². The molecular weight excluding hydrogens is 264 g/mol. The molecule has 0 spiro atoms. The van der Waals surface area contributed by atoms with Crippen LogP contribution >= 0.6 is 0 Å². The highest BCUT2D eigenvalue weighted by atomic mass is 16.5. The van der Waals surface area contributed by atoms with E-state index in [0.717, 1.165) is 16.8 Å². The first-order chi connectivity index (χ1) is 10.1. The first-order valence-electron chi connectivity index (χ1n) is 6.60. The molecule has 4 heteroatoms. The number of nitrogens with zero attached hydrogens (tertiary/aromatic N) is 1. The van der Waals surface area contributed by atoms with Gasteiger partial charge in [0.25, 0.3) is 5.91 Å². The van der Waals surface area contributed by atoms with E-state index < -0.39 is 0 Å². The van der Waals surface area contributed by atoms with Crippen molar-refractivity contribution in [3.05, 3.63) is 59.2 Å². The predicted octanol–water partition coefficient (Wildman–Crippen LogP) is 3.19. The molecule has 0 heterocycles. The van der Waals surface area contributed by atoms with E-state index in [-0.39, 0.29) is 12.5 Å². The van der Waals surface area contributed by atoms with Crippen LogP contribution in [-0.2, 0) is 4.79 Å². The first-order valence-corrected chi connectivity index (χ1v) is 6.60. The Balaban J connectivity index is 2.00. The number of aryl methyl sites for hydroxylation is 1. The van der Waals surface area contributed by atoms with Crippen molar-refractivity contribution in [2.45, 2.75) is 13.8 Å². The van der Waals surface area contributed by atoms with Crippen molar-refractivity contribution in [2.75, 3.05) is 11.9 Å². The van der Waals surface area contributed by atoms with Crippen molar-refractivity contribution in [3.63, 3.8) is 0 Å². The number of rotatable bonds is 4. The summed E-state index contributed by atoms with van der Waals surface area (Å²) in [5, 5.41) is 11.8. The second-order valence-electron chi connectivity index (χ2n) is 4.69. The standard InChI is InChI=1S/C17H16N2O2/c1-12-6-5-8-15(13(12)2)19-17(20)11-21-16-9-4-3-7-14(16)10-18/h3-9H,11H2,1-2H3,(H,19,20). The molecule has 0 atom stereocenters. The molecule has 0 saturated carbocycles. The summed E-state index contributed by atoms with van der Waals surface area (Å²) in [6, 6.07) is 14.6. The molecule has 0 aliphatic heterocycles. The lowest BCUT2D eigenvalue weighted by molar-refractivity contribution is -0.118. The van der Waals surface area contributed by atoms with Crippen LogP contribution in [-0.4, -0.2) is 12.5 Å². The van der Waals surface area contributed by atoms with Crippen molar-refractivity contribution >= 4 is 11.6 Å². The first kappa shape index (κ1) is 14.6. The monoisotopic (exact) mass is 280 g/mol. The molecule has 2 rings (SSSR count). The summed E-state index contributed by atoms with van der Waals surface area (Å²) in [7, 11) is 0. The Hall–Kier alpha value is -2.80. The van der Waals surface area contributed by atoms with Crippen LogP contribution in [0.4, 0.5) is 5.69 Å². The van der Waals surface area contributed by atoms with Gasteiger partial charge in [0.2, 0.25) is 0 Å². The predicted molar refractivity (Wildman–Crippen MR) is 81.2 cm³/mol. The minimum Gasteiger partial charge on any atom is -0.482 e. The van der Waals surface area contributed by atoms with Gasteiger partial charge in [0.15, 0.2) is 6.61 Å². The molecule has 0 aliphatic rings. The molecule has 1 N–H and O–H groups in total. The van der Waals surface area contributed by atoms with Gasteiger partial charge < -0.3 is 10.1 Å². The molecule has 106 valence electrons. The van der Waals surface area contributed by atoms with E-state index in [1.807, 2.05) is 38.1 Å². The van der Waals surface area contributed by atoms with Crippen LogP contribution in [0, 0.1) is 25.2 Å². The van der Waals surface area contributed by atoms with E-state index in [1.165, 1.54) is 0 Å². The van der Waals surface area contributed by atoms with E-state index in [2.05, 4.69) is 5.32 Å². The Labute approximate surface area is 124 Å². The lowest BCUT2D eigenvalue weighted by Crippen LogP contribution is -2.21. The van der Waals surface area contributed by atoms with Gasteiger partial charge in [-0.2, -0.15) is 5.26 Å². The fourth-order valence-electron chi connectivity index (χ4n) is 1.90. The van der Waals surface area contributed by atoms with Crippen molar-refractivity contribution < 1.29 is 9.53 Å². The zero-order valence-corrected chi connectivity index (χ0v) is 12.0. The van der Waals surface area contributed by atoms with Gasteiger partial charge in [0.05, 0.1) is 5.56 Å². The zero-order chi connectivity index (χ0) is 15.2. The van der Waals surface area contributed by atoms with Gasteiger partial charge >= 0.3 is 0 Å². The van der Waals surface area contributed by atoms with Gasteiger partial charge in [-0.25, -0.2) is 0 Å². The lowest BCUT2D eigenvalue weighted by atomic mass is 10.1. The van der Waals surface area contributed by atoms with Crippen molar-refractivity contribution in [1.82, 2.24) is 0 Å². The smallest absolute Gasteiger partial charge is 0.262 e. The minimum atomic E-state index is -0.253. The van der Waals surface area contributed by atoms with Gasteiger partial charge in [-0.1, -0.05) is 24.3 Å². The number of amides is 1. The Kier molecular flexibility index (Phi) is 4.57. The van der Waals surface area contributed by atoms with Crippen LogP contribution < -0.4 is 10.1 Å². The lowest BCUT2D eigenvalue weighted by Gasteiger charge is -2.11. The summed E-state index contributed by atoms with van der Waals surface area (Å²) in [5.74, 6) is 0.160. The maximum Gasteiger partial charge on any atom is 0.262 e. The summed E-state index contributed by atoms with van der Waals surface area (Å²) < 4.78 is 5.40. The molecular formula is C17H16N2O2. The molecule has 21 heavy (non-hydrogen) atoms. The third kappa shape index (κ3) is 3.61. The van der Waals surface area contributed by atoms with Gasteiger partial charge in [-0.15, -0.1) is 0 Å². The zero-order valence-electron chi connectivity index (χ0n) is 12.0. The van der Waals surface area contributed by atoms with Crippen LogP contribution in [0.2, 0.25) is 0 Å². The molecule has 0 fully saturated rings. The minimum absolute atomic E-state index is 0.133. The number of nitrogens with one attached hydrogen (secondary N) is 1. The van der Waals surface area contributed by atoms with Crippen molar-refractivity contribution in [3.8, 4) is 11.8 Å². The van der Waals surface area contributed by atoms with Crippen LogP contribution in [0.25, 0.3) is 0 Å². The second kappa shape index (κ2) is 6.58. The molecule has 0 unspecified atom stereocenters. The molecule has 2 aromatic rings. The molecule has 0 saturated heterocycles. The van der Waals surface area contributed by atoms with E-state index >= 15 is 0 Å². The molecule has 2 aromatic carbocycles. The van der Waals surface area contributed by atoms with Gasteiger partial charge in [0.1, 0.15) is 11.8 Å². The molecule has 0 aromatic heterocycles. The fourth-order valence-corrected chi connectivity index (χ4v) is 1.90. The number of hydrogen-bond donors (Lipinski definition) is 1. The SMILES string of the molecule is Cc1cccc(NC(=O)COc2ccccc2C#N)c1C. The average molecular weight is 280 g/mol. The highest BCUT2D eigenvalue weighted by molar-refractivity contribution is 5.92. The maximum absolute atomic E-state index is 11.9. The number of carbonyl (C=O) groups is 1. The summed E-state index contributed by atoms with van der Waals surface area (Å²) in [6.45, 7) is 3.81. The topological polar surface area (TPSA) is 62.1 Å². The molecule has 0 bridgehead atoms. The largest absolute Gasteiger partial charge is 0.482 e. The number of hydrogen-bond acceptors (Lipinski definition) is 3. The van der Waals surface area contributed by atoms with Gasteiger partial charge in [0, 0.05) is 5.69 Å². The number of ether oxygens (including phenoxy) is 1. The van der Waals surface area contributed by atoms with Crippen LogP contribution in [0.3, 0.4) is 0 Å². The molecule has 1 amide bonds. The normalized spacial score (nSPS) is 9.76. The van der Waals surface area contributed by atoms with E-state index in [4.69, 9.17) is 10.00 Å². The molecule has 4 nitrogen and oxygen atoms in total. The highest BCUT2D eigenvalue weighted by Gasteiger charge is 2.08. The maximum atomic E-state index is 11.9. The Morgan fingerprint density at radius 2 is 1.95 bits per heavy atom. The van der Waals surface area contributed by atoms with E-state index in [1.54, 1.807) is 24.3 Å². The van der Waals surface area contributed by atoms with Gasteiger partial charge in [-0.05, 0) is 43.2 Å². The second-order valence-corrected chi connectivity index (χ2v) is 4.69. The Morgan fingerprint density at radius 1 is 1.19 bits per heavy atom. The quantitative estimate of drug-likeness (QED) is 0.935. The Bertz CT molecular complexity index is 702. The highest BCUT2D eigenvalue weighted by Crippen LogP contribution is 2.19. The van der Waals surface area contributed by atoms with Crippen LogP contribution in [0.15, 0.2) is 42.5 Å². The van der Waals surface area contributed by atoms with E-state index in [9.17, 15) is 4.79 Å². The Morgan fingerprint density at radius 3 is 2.71 bits per heavy atom. The number of para-hydroxylation sites is 1. The summed E-state index contributed by atoms with van der Waals surface area (Å²) in [5.41, 5.74) is 3.33. The average Bonchev–Trinajstić information content (AvgIpc) is 2.50. The third-order valence-corrected chi connectivity index (χ3v) is 3.24. The van der Waals surface area contributed by atoms with Crippen LogP contribution in [0.1, 0.15) is 16.7 Å².